The van der Waals surface area contributed by atoms with Gasteiger partial charge in [-0.1, -0.05) is 29.5 Å². The number of alkyl halides is 4. The molecule has 1 saturated carbocycles. The molecule has 0 saturated heterocycles. The summed E-state index contributed by atoms with van der Waals surface area (Å²) in [7, 11) is 0. The lowest BCUT2D eigenvalue weighted by atomic mass is 9.73. The molecule has 0 spiro atoms. The van der Waals surface area contributed by atoms with Crippen LogP contribution in [0.5, 0.6) is 0 Å². The van der Waals surface area contributed by atoms with E-state index in [0.717, 1.165) is 0 Å². The average molecular weight is 278 g/mol. The zero-order chi connectivity index (χ0) is 8.65. The third-order valence-electron chi connectivity index (χ3n) is 2.29. The summed E-state index contributed by atoms with van der Waals surface area (Å²) in [5, 5.41) is 0. The number of hydrogen-bond donors (Lipinski definition) is 0. The van der Waals surface area contributed by atoms with Crippen molar-refractivity contribution in [3.05, 3.63) is 0 Å². The molecule has 0 aromatic carbocycles. The molecule has 1 aliphatic rings. The highest BCUT2D eigenvalue weighted by molar-refractivity contribution is 14.1. The summed E-state index contributed by atoms with van der Waals surface area (Å²) in [5.74, 6) is -0.716. The van der Waals surface area contributed by atoms with Gasteiger partial charge in [-0.2, -0.15) is 13.2 Å². The van der Waals surface area contributed by atoms with Gasteiger partial charge in [0, 0.05) is 3.92 Å². The molecule has 0 aromatic rings. The Morgan fingerprint density at radius 3 is 2.09 bits per heavy atom. The Morgan fingerprint density at radius 2 is 1.82 bits per heavy atom. The molecular formula is C7H10F3I. The molecule has 0 amide bonds. The van der Waals surface area contributed by atoms with E-state index in [9.17, 15) is 13.2 Å². The van der Waals surface area contributed by atoms with Crippen molar-refractivity contribution in [3.8, 4) is 0 Å². The van der Waals surface area contributed by atoms with Gasteiger partial charge in [-0.15, -0.1) is 0 Å². The van der Waals surface area contributed by atoms with Crippen molar-refractivity contribution in [1.29, 1.82) is 0 Å². The van der Waals surface area contributed by atoms with Crippen molar-refractivity contribution in [2.45, 2.75) is 29.9 Å². The van der Waals surface area contributed by atoms with Gasteiger partial charge < -0.3 is 0 Å². The maximum absolute atomic E-state index is 11.9. The van der Waals surface area contributed by atoms with Gasteiger partial charge in [0.15, 0.2) is 0 Å². The predicted octanol–water partition coefficient (Wildman–Crippen LogP) is 3.40. The van der Waals surface area contributed by atoms with Crippen LogP contribution < -0.4 is 0 Å². The maximum Gasteiger partial charge on any atom is 0.391 e. The average Bonchev–Trinajstić information content (AvgIpc) is 1.51. The van der Waals surface area contributed by atoms with Gasteiger partial charge in [0.2, 0.25) is 0 Å². The molecular weight excluding hydrogens is 268 g/mol. The second-order valence-electron chi connectivity index (χ2n) is 3.15. The summed E-state index contributed by atoms with van der Waals surface area (Å²) < 4.78 is 36.2. The molecule has 1 fully saturated rings. The van der Waals surface area contributed by atoms with Crippen LogP contribution in [0.15, 0.2) is 0 Å². The van der Waals surface area contributed by atoms with Crippen molar-refractivity contribution in [2.24, 2.45) is 11.8 Å². The lowest BCUT2D eigenvalue weighted by Crippen LogP contribution is -2.38. The molecule has 66 valence electrons. The summed E-state index contributed by atoms with van der Waals surface area (Å²) in [6.45, 7) is 1.97. The Labute approximate surface area is 77.7 Å². The highest BCUT2D eigenvalue weighted by Crippen LogP contribution is 2.47. The third kappa shape index (κ3) is 2.23. The minimum Gasteiger partial charge on any atom is -0.171 e. The Kier molecular flexibility index (Phi) is 2.71. The van der Waals surface area contributed by atoms with Crippen LogP contribution in [0.4, 0.5) is 13.2 Å². The first-order valence-electron chi connectivity index (χ1n) is 3.62. The van der Waals surface area contributed by atoms with Gasteiger partial charge >= 0.3 is 6.18 Å². The summed E-state index contributed by atoms with van der Waals surface area (Å²) >= 11 is 2.19. The van der Waals surface area contributed by atoms with E-state index in [0.29, 0.717) is 22.7 Å². The number of hydrogen-bond acceptors (Lipinski definition) is 0. The van der Waals surface area contributed by atoms with E-state index in [1.165, 1.54) is 0 Å². The largest absolute Gasteiger partial charge is 0.391 e. The minimum atomic E-state index is -3.94. The monoisotopic (exact) mass is 278 g/mol. The van der Waals surface area contributed by atoms with E-state index in [4.69, 9.17) is 0 Å². The Hall–Kier alpha value is 0.520. The molecule has 0 heterocycles. The summed E-state index contributed by atoms with van der Waals surface area (Å²) in [6.07, 6.45) is -3.26. The van der Waals surface area contributed by atoms with Crippen molar-refractivity contribution in [1.82, 2.24) is 0 Å². The van der Waals surface area contributed by atoms with E-state index < -0.39 is 12.1 Å². The van der Waals surface area contributed by atoms with Crippen molar-refractivity contribution in [3.63, 3.8) is 0 Å². The zero-order valence-electron chi connectivity index (χ0n) is 6.16. The van der Waals surface area contributed by atoms with Crippen LogP contribution in [0.25, 0.3) is 0 Å². The fourth-order valence-corrected chi connectivity index (χ4v) is 1.89. The van der Waals surface area contributed by atoms with Gasteiger partial charge in [-0.05, 0) is 18.8 Å². The molecule has 0 aromatic heterocycles. The Morgan fingerprint density at radius 1 is 1.36 bits per heavy atom. The maximum atomic E-state index is 11.9. The van der Waals surface area contributed by atoms with E-state index in [2.05, 4.69) is 22.6 Å². The van der Waals surface area contributed by atoms with Crippen molar-refractivity contribution < 1.29 is 13.2 Å². The fourth-order valence-electron chi connectivity index (χ4n) is 1.30. The van der Waals surface area contributed by atoms with Gasteiger partial charge in [-0.3, -0.25) is 0 Å². The second-order valence-corrected chi connectivity index (χ2v) is 5.11. The van der Waals surface area contributed by atoms with E-state index in [1.54, 1.807) is 0 Å². The second kappa shape index (κ2) is 3.11. The first-order chi connectivity index (χ1) is 4.91. The van der Waals surface area contributed by atoms with Crippen LogP contribution in [0.1, 0.15) is 19.8 Å². The molecule has 1 atom stereocenters. The molecule has 4 heteroatoms. The molecule has 0 nitrogen and oxygen atoms in total. The zero-order valence-corrected chi connectivity index (χ0v) is 8.32. The molecule has 0 aliphatic heterocycles. The summed E-state index contributed by atoms with van der Waals surface area (Å²) in [6, 6.07) is 0. The van der Waals surface area contributed by atoms with Crippen LogP contribution in [-0.2, 0) is 0 Å². The fraction of sp³-hybridized carbons (Fsp3) is 1.00. The summed E-state index contributed by atoms with van der Waals surface area (Å²) in [5.41, 5.74) is 0. The first kappa shape index (κ1) is 9.61. The standard InChI is InChI=1S/C7H10F3I/c1-4(11)5-2-6(3-5)7(8,9)10/h4-6H,2-3H2,1H3. The Balaban J connectivity index is 2.30. The van der Waals surface area contributed by atoms with Gasteiger partial charge in [0.1, 0.15) is 0 Å². The highest BCUT2D eigenvalue weighted by atomic mass is 127. The molecule has 1 rings (SSSR count). The van der Waals surface area contributed by atoms with Crippen LogP contribution >= 0.6 is 22.6 Å². The molecule has 11 heavy (non-hydrogen) atoms. The van der Waals surface area contributed by atoms with E-state index in [1.807, 2.05) is 6.92 Å². The molecule has 0 N–H and O–H groups in total. The quantitative estimate of drug-likeness (QED) is 0.509. The lowest BCUT2D eigenvalue weighted by Gasteiger charge is -2.38. The summed E-state index contributed by atoms with van der Waals surface area (Å²) in [4.78, 5) is 0. The van der Waals surface area contributed by atoms with Gasteiger partial charge in [0.05, 0.1) is 5.92 Å². The SMILES string of the molecule is CC(I)C1CC(C(F)(F)F)C1. The normalized spacial score (nSPS) is 34.6. The molecule has 0 radical (unpaired) electrons. The number of rotatable bonds is 1. The lowest BCUT2D eigenvalue weighted by molar-refractivity contribution is -0.203. The smallest absolute Gasteiger partial charge is 0.171 e. The predicted molar refractivity (Wildman–Crippen MR) is 45.8 cm³/mol. The molecule has 1 aliphatic carbocycles. The van der Waals surface area contributed by atoms with Gasteiger partial charge in [0.25, 0.3) is 0 Å². The Bertz CT molecular complexity index is 135. The van der Waals surface area contributed by atoms with E-state index in [-0.39, 0.29) is 0 Å². The van der Waals surface area contributed by atoms with Crippen LogP contribution in [0.2, 0.25) is 0 Å². The van der Waals surface area contributed by atoms with Crippen molar-refractivity contribution in [2.75, 3.05) is 0 Å². The highest BCUT2D eigenvalue weighted by Gasteiger charge is 2.48. The topological polar surface area (TPSA) is 0 Å². The van der Waals surface area contributed by atoms with Gasteiger partial charge in [-0.25, -0.2) is 0 Å². The molecule has 0 bridgehead atoms. The minimum absolute atomic E-state index is 0.294. The number of halogens is 4. The van der Waals surface area contributed by atoms with Crippen LogP contribution in [-0.4, -0.2) is 10.1 Å². The first-order valence-corrected chi connectivity index (χ1v) is 4.86. The van der Waals surface area contributed by atoms with Crippen molar-refractivity contribution >= 4 is 22.6 Å². The van der Waals surface area contributed by atoms with E-state index >= 15 is 0 Å². The molecule has 1 unspecified atom stereocenters. The van der Waals surface area contributed by atoms with Crippen LogP contribution in [0.3, 0.4) is 0 Å². The van der Waals surface area contributed by atoms with Crippen LogP contribution in [0, 0.1) is 11.8 Å². The third-order valence-corrected chi connectivity index (χ3v) is 3.30.